The Morgan fingerprint density at radius 3 is 2.21 bits per heavy atom. The highest BCUT2D eigenvalue weighted by molar-refractivity contribution is 5.99. The van der Waals surface area contributed by atoms with E-state index in [1.807, 2.05) is 61.5 Å². The third kappa shape index (κ3) is 5.55. The Bertz CT molecular complexity index is 977. The minimum absolute atomic E-state index is 0.0759. The fourth-order valence-electron chi connectivity index (χ4n) is 3.01. The zero-order chi connectivity index (χ0) is 20.6. The Labute approximate surface area is 172 Å². The van der Waals surface area contributed by atoms with E-state index < -0.39 is 0 Å². The van der Waals surface area contributed by atoms with Gasteiger partial charge in [-0.05, 0) is 41.2 Å². The van der Waals surface area contributed by atoms with Gasteiger partial charge >= 0.3 is 0 Å². The molecule has 29 heavy (non-hydrogen) atoms. The van der Waals surface area contributed by atoms with Crippen LogP contribution < -0.4 is 10.2 Å². The molecular formula is C25H26N2O2. The second-order valence-electron chi connectivity index (χ2n) is 7.16. The predicted octanol–water partition coefficient (Wildman–Crippen LogP) is 5.40. The van der Waals surface area contributed by atoms with Crippen molar-refractivity contribution in [1.29, 1.82) is 0 Å². The van der Waals surface area contributed by atoms with Gasteiger partial charge in [-0.1, -0.05) is 86.6 Å². The van der Waals surface area contributed by atoms with Crippen molar-refractivity contribution in [3.05, 3.63) is 90.0 Å². The van der Waals surface area contributed by atoms with Crippen LogP contribution in [0.5, 0.6) is 5.75 Å². The number of hydrogen-bond donors (Lipinski definition) is 1. The molecule has 1 N–H and O–H groups in total. The lowest BCUT2D eigenvalue weighted by atomic mass is 10.0. The maximum absolute atomic E-state index is 12.1. The van der Waals surface area contributed by atoms with Crippen molar-refractivity contribution in [3.8, 4) is 16.9 Å². The molecule has 0 spiro atoms. The molecule has 4 heteroatoms. The van der Waals surface area contributed by atoms with E-state index in [4.69, 9.17) is 4.74 Å². The van der Waals surface area contributed by atoms with Crippen molar-refractivity contribution in [1.82, 2.24) is 5.43 Å². The monoisotopic (exact) mass is 386 g/mol. The minimum Gasteiger partial charge on any atom is -0.483 e. The highest BCUT2D eigenvalue weighted by Gasteiger charge is 2.09. The first-order valence-electron chi connectivity index (χ1n) is 9.75. The van der Waals surface area contributed by atoms with Gasteiger partial charge in [-0.15, -0.1) is 0 Å². The van der Waals surface area contributed by atoms with E-state index in [1.165, 1.54) is 5.56 Å². The second kappa shape index (κ2) is 9.69. The van der Waals surface area contributed by atoms with Crippen LogP contribution in [0.15, 0.2) is 84.0 Å². The predicted molar refractivity (Wildman–Crippen MR) is 118 cm³/mol. The molecule has 0 heterocycles. The number of rotatable bonds is 7. The van der Waals surface area contributed by atoms with Gasteiger partial charge in [0.25, 0.3) is 5.91 Å². The number of ether oxygens (including phenoxy) is 1. The SMILES string of the molecule is CC(=NNC(=O)COc1ccccc1C(C)C)c1ccc(-c2ccccc2)cc1. The van der Waals surface area contributed by atoms with Crippen LogP contribution >= 0.6 is 0 Å². The average molecular weight is 386 g/mol. The fourth-order valence-corrected chi connectivity index (χ4v) is 3.01. The van der Waals surface area contributed by atoms with E-state index in [0.717, 1.165) is 28.2 Å². The van der Waals surface area contributed by atoms with E-state index in [1.54, 1.807) is 0 Å². The molecule has 0 atom stereocenters. The topological polar surface area (TPSA) is 50.7 Å². The Morgan fingerprint density at radius 1 is 0.897 bits per heavy atom. The number of carbonyl (C=O) groups excluding carboxylic acids is 1. The summed E-state index contributed by atoms with van der Waals surface area (Å²) in [7, 11) is 0. The number of nitrogens with one attached hydrogen (secondary N) is 1. The summed E-state index contributed by atoms with van der Waals surface area (Å²) in [5.41, 5.74) is 7.65. The van der Waals surface area contributed by atoms with Crippen LogP contribution in [-0.2, 0) is 4.79 Å². The lowest BCUT2D eigenvalue weighted by Crippen LogP contribution is -2.25. The largest absolute Gasteiger partial charge is 0.483 e. The van der Waals surface area contributed by atoms with Crippen LogP contribution in [0.2, 0.25) is 0 Å². The smallest absolute Gasteiger partial charge is 0.277 e. The highest BCUT2D eigenvalue weighted by Crippen LogP contribution is 2.25. The molecule has 3 aromatic carbocycles. The van der Waals surface area contributed by atoms with Gasteiger partial charge in [-0.3, -0.25) is 4.79 Å². The van der Waals surface area contributed by atoms with Crippen molar-refractivity contribution in [2.24, 2.45) is 5.10 Å². The van der Waals surface area contributed by atoms with Crippen molar-refractivity contribution < 1.29 is 9.53 Å². The third-order valence-electron chi connectivity index (χ3n) is 4.66. The molecule has 0 radical (unpaired) electrons. The molecule has 0 bridgehead atoms. The summed E-state index contributed by atoms with van der Waals surface area (Å²) in [5.74, 6) is 0.770. The van der Waals surface area contributed by atoms with Crippen LogP contribution in [0, 0.1) is 0 Å². The van der Waals surface area contributed by atoms with E-state index in [2.05, 4.69) is 48.6 Å². The number of carbonyl (C=O) groups is 1. The van der Waals surface area contributed by atoms with Crippen LogP contribution in [0.1, 0.15) is 37.8 Å². The first-order valence-corrected chi connectivity index (χ1v) is 9.75. The molecule has 148 valence electrons. The molecule has 0 aliphatic heterocycles. The van der Waals surface area contributed by atoms with E-state index in [0.29, 0.717) is 5.92 Å². The van der Waals surface area contributed by atoms with Crippen molar-refractivity contribution >= 4 is 11.6 Å². The molecule has 4 nitrogen and oxygen atoms in total. The molecule has 1 amide bonds. The summed E-state index contributed by atoms with van der Waals surface area (Å²) in [5, 5.41) is 4.20. The number of para-hydroxylation sites is 1. The van der Waals surface area contributed by atoms with E-state index in [9.17, 15) is 4.79 Å². The molecule has 0 saturated heterocycles. The number of nitrogens with zero attached hydrogens (tertiary/aromatic N) is 1. The zero-order valence-electron chi connectivity index (χ0n) is 17.1. The second-order valence-corrected chi connectivity index (χ2v) is 7.16. The Hall–Kier alpha value is -3.40. The van der Waals surface area contributed by atoms with Gasteiger partial charge < -0.3 is 4.74 Å². The van der Waals surface area contributed by atoms with Crippen LogP contribution in [0.25, 0.3) is 11.1 Å². The molecule has 0 unspecified atom stereocenters. The van der Waals surface area contributed by atoms with Gasteiger partial charge in [0.1, 0.15) is 5.75 Å². The standard InChI is InChI=1S/C25H26N2O2/c1-18(2)23-11-7-8-12-24(23)29-17-25(28)27-26-19(3)20-13-15-22(16-14-20)21-9-5-4-6-10-21/h4-16,18H,17H2,1-3H3,(H,27,28). The maximum atomic E-state index is 12.1. The van der Waals surface area contributed by atoms with E-state index >= 15 is 0 Å². The van der Waals surface area contributed by atoms with Crippen molar-refractivity contribution in [2.75, 3.05) is 6.61 Å². The lowest BCUT2D eigenvalue weighted by Gasteiger charge is -2.13. The van der Waals surface area contributed by atoms with Crippen LogP contribution in [0.4, 0.5) is 0 Å². The van der Waals surface area contributed by atoms with Crippen LogP contribution in [0.3, 0.4) is 0 Å². The van der Waals surface area contributed by atoms with Crippen molar-refractivity contribution in [2.45, 2.75) is 26.7 Å². The number of amides is 1. The minimum atomic E-state index is -0.288. The van der Waals surface area contributed by atoms with Gasteiger partial charge in [0.15, 0.2) is 6.61 Å². The Morgan fingerprint density at radius 2 is 1.52 bits per heavy atom. The molecule has 0 aromatic heterocycles. The normalized spacial score (nSPS) is 11.4. The first kappa shape index (κ1) is 20.3. The summed E-state index contributed by atoms with van der Waals surface area (Å²) in [6.07, 6.45) is 0. The molecule has 0 aliphatic rings. The van der Waals surface area contributed by atoms with Gasteiger partial charge in [0.05, 0.1) is 5.71 Å². The number of hydrazone groups is 1. The molecule has 3 aromatic rings. The quantitative estimate of drug-likeness (QED) is 0.437. The van der Waals surface area contributed by atoms with Gasteiger partial charge in [0, 0.05) is 0 Å². The Kier molecular flexibility index (Phi) is 6.80. The maximum Gasteiger partial charge on any atom is 0.277 e. The molecular weight excluding hydrogens is 360 g/mol. The number of hydrogen-bond acceptors (Lipinski definition) is 3. The first-order chi connectivity index (χ1) is 14.0. The summed E-state index contributed by atoms with van der Waals surface area (Å²) in [4.78, 5) is 12.1. The van der Waals surface area contributed by atoms with Gasteiger partial charge in [-0.2, -0.15) is 5.10 Å². The van der Waals surface area contributed by atoms with Gasteiger partial charge in [-0.25, -0.2) is 5.43 Å². The lowest BCUT2D eigenvalue weighted by molar-refractivity contribution is -0.123. The highest BCUT2D eigenvalue weighted by atomic mass is 16.5. The van der Waals surface area contributed by atoms with Gasteiger partial charge in [0.2, 0.25) is 0 Å². The zero-order valence-corrected chi connectivity index (χ0v) is 17.1. The van der Waals surface area contributed by atoms with Crippen LogP contribution in [-0.4, -0.2) is 18.2 Å². The summed E-state index contributed by atoms with van der Waals surface area (Å²) in [6.45, 7) is 5.98. The molecule has 0 saturated carbocycles. The summed E-state index contributed by atoms with van der Waals surface area (Å²) >= 11 is 0. The molecule has 0 fully saturated rings. The Balaban J connectivity index is 1.57. The fraction of sp³-hybridized carbons (Fsp3) is 0.200. The average Bonchev–Trinajstić information content (AvgIpc) is 2.77. The van der Waals surface area contributed by atoms with Crippen molar-refractivity contribution in [3.63, 3.8) is 0 Å². The molecule has 0 aliphatic carbocycles. The summed E-state index contributed by atoms with van der Waals surface area (Å²) < 4.78 is 5.68. The number of benzene rings is 3. The third-order valence-corrected chi connectivity index (χ3v) is 4.66. The van der Waals surface area contributed by atoms with E-state index in [-0.39, 0.29) is 12.5 Å². The summed E-state index contributed by atoms with van der Waals surface area (Å²) in [6, 6.07) is 26.1. The molecule has 3 rings (SSSR count).